The molecule has 0 aromatic heterocycles. The molecule has 0 radical (unpaired) electrons. The van der Waals surface area contributed by atoms with Crippen molar-refractivity contribution in [3.8, 4) is 5.75 Å². The van der Waals surface area contributed by atoms with Gasteiger partial charge in [0.25, 0.3) is 0 Å². The highest BCUT2D eigenvalue weighted by atomic mass is 35.5. The molecule has 0 aliphatic heterocycles. The second-order valence-electron chi connectivity index (χ2n) is 7.14. The highest BCUT2D eigenvalue weighted by Gasteiger charge is 2.32. The predicted molar refractivity (Wildman–Crippen MR) is 117 cm³/mol. The number of rotatable bonds is 7. The Morgan fingerprint density at radius 3 is 2.38 bits per heavy atom. The first-order valence-corrected chi connectivity index (χ1v) is 11.4. The van der Waals surface area contributed by atoms with Gasteiger partial charge in [-0.1, -0.05) is 35.4 Å². The maximum atomic E-state index is 13.0. The molecule has 0 bridgehead atoms. The number of halogens is 1. The van der Waals surface area contributed by atoms with Gasteiger partial charge in [-0.05, 0) is 57.0 Å². The highest BCUT2D eigenvalue weighted by molar-refractivity contribution is 7.92. The summed E-state index contributed by atoms with van der Waals surface area (Å²) in [6.07, 6.45) is 1.05. The zero-order valence-electron chi connectivity index (χ0n) is 17.5. The Bertz CT molecular complexity index is 1010. The quantitative estimate of drug-likeness (QED) is 0.708. The zero-order valence-corrected chi connectivity index (χ0v) is 19.1. The Labute approximate surface area is 177 Å². The SMILES string of the molecule is COc1ccc(Cl)cc1N([C@H](C)C(=O)N[C@H](C)c1cc(C)ccc1C)S(C)(=O)=O. The average molecular weight is 439 g/mol. The van der Waals surface area contributed by atoms with Crippen molar-refractivity contribution in [3.63, 3.8) is 0 Å². The van der Waals surface area contributed by atoms with Crippen molar-refractivity contribution in [2.45, 2.75) is 39.8 Å². The summed E-state index contributed by atoms with van der Waals surface area (Å²) < 4.78 is 31.4. The first-order valence-electron chi connectivity index (χ1n) is 9.16. The van der Waals surface area contributed by atoms with Crippen LogP contribution in [0.1, 0.15) is 36.6 Å². The summed E-state index contributed by atoms with van der Waals surface area (Å²) in [5, 5.41) is 3.26. The molecule has 2 aromatic rings. The van der Waals surface area contributed by atoms with Gasteiger partial charge < -0.3 is 10.1 Å². The molecule has 6 nitrogen and oxygen atoms in total. The van der Waals surface area contributed by atoms with Gasteiger partial charge in [0.1, 0.15) is 11.8 Å². The summed E-state index contributed by atoms with van der Waals surface area (Å²) in [5.74, 6) is -0.118. The van der Waals surface area contributed by atoms with Crippen molar-refractivity contribution in [2.24, 2.45) is 0 Å². The number of nitrogens with zero attached hydrogens (tertiary/aromatic N) is 1. The lowest BCUT2D eigenvalue weighted by Crippen LogP contribution is -2.48. The van der Waals surface area contributed by atoms with Crippen molar-refractivity contribution in [2.75, 3.05) is 17.7 Å². The van der Waals surface area contributed by atoms with Gasteiger partial charge in [0.2, 0.25) is 15.9 Å². The van der Waals surface area contributed by atoms with Crippen molar-refractivity contribution in [1.29, 1.82) is 0 Å². The lowest BCUT2D eigenvalue weighted by molar-refractivity contribution is -0.122. The third-order valence-corrected chi connectivity index (χ3v) is 6.19. The normalized spacial score (nSPS) is 13.5. The van der Waals surface area contributed by atoms with Gasteiger partial charge in [-0.3, -0.25) is 9.10 Å². The summed E-state index contributed by atoms with van der Waals surface area (Å²) in [6, 6.07) is 9.36. The van der Waals surface area contributed by atoms with E-state index in [0.717, 1.165) is 27.3 Å². The number of methoxy groups -OCH3 is 1. The van der Waals surface area contributed by atoms with Crippen LogP contribution < -0.4 is 14.4 Å². The molecule has 29 heavy (non-hydrogen) atoms. The summed E-state index contributed by atoms with van der Waals surface area (Å²) in [6.45, 7) is 7.36. The number of carbonyl (C=O) groups is 1. The first-order chi connectivity index (χ1) is 13.5. The largest absolute Gasteiger partial charge is 0.495 e. The smallest absolute Gasteiger partial charge is 0.244 e. The Morgan fingerprint density at radius 1 is 1.14 bits per heavy atom. The van der Waals surface area contributed by atoms with Gasteiger partial charge in [0.15, 0.2) is 0 Å². The van der Waals surface area contributed by atoms with Crippen molar-refractivity contribution >= 4 is 33.2 Å². The fraction of sp³-hybridized carbons (Fsp3) is 0.381. The number of sulfonamides is 1. The van der Waals surface area contributed by atoms with E-state index in [1.54, 1.807) is 12.1 Å². The zero-order chi connectivity index (χ0) is 21.9. The molecule has 0 aliphatic carbocycles. The number of hydrogen-bond acceptors (Lipinski definition) is 4. The lowest BCUT2D eigenvalue weighted by atomic mass is 10.00. The molecule has 1 N–H and O–H groups in total. The maximum absolute atomic E-state index is 13.0. The molecule has 0 heterocycles. The summed E-state index contributed by atoms with van der Waals surface area (Å²) in [5.41, 5.74) is 3.33. The van der Waals surface area contributed by atoms with Crippen LogP contribution in [-0.2, 0) is 14.8 Å². The van der Waals surface area contributed by atoms with Gasteiger partial charge in [0, 0.05) is 5.02 Å². The molecular formula is C21H27ClN2O4S. The van der Waals surface area contributed by atoms with Crippen LogP contribution in [0.25, 0.3) is 0 Å². The van der Waals surface area contributed by atoms with Crippen LogP contribution in [0.5, 0.6) is 5.75 Å². The fourth-order valence-corrected chi connectivity index (χ4v) is 4.59. The third kappa shape index (κ3) is 5.42. The van der Waals surface area contributed by atoms with Gasteiger partial charge >= 0.3 is 0 Å². The number of amides is 1. The van der Waals surface area contributed by atoms with Gasteiger partial charge in [-0.25, -0.2) is 8.42 Å². The number of nitrogens with one attached hydrogen (secondary N) is 1. The van der Waals surface area contributed by atoms with E-state index in [-0.39, 0.29) is 11.7 Å². The van der Waals surface area contributed by atoms with Crippen molar-refractivity contribution in [1.82, 2.24) is 5.32 Å². The number of anilines is 1. The molecule has 0 spiro atoms. The Morgan fingerprint density at radius 2 is 1.79 bits per heavy atom. The topological polar surface area (TPSA) is 75.7 Å². The molecule has 0 unspecified atom stereocenters. The van der Waals surface area contributed by atoms with Gasteiger partial charge in [-0.2, -0.15) is 0 Å². The molecule has 1 amide bonds. The van der Waals surface area contributed by atoms with Crippen LogP contribution in [0, 0.1) is 13.8 Å². The predicted octanol–water partition coefficient (Wildman–Crippen LogP) is 4.00. The number of hydrogen-bond donors (Lipinski definition) is 1. The molecule has 0 aliphatic rings. The van der Waals surface area contributed by atoms with Crippen LogP contribution in [-0.4, -0.2) is 33.7 Å². The van der Waals surface area contributed by atoms with E-state index in [1.807, 2.05) is 39.0 Å². The number of carbonyl (C=O) groups excluding carboxylic acids is 1. The Hall–Kier alpha value is -2.25. The molecule has 0 fully saturated rings. The number of ether oxygens (including phenoxy) is 1. The van der Waals surface area contributed by atoms with Gasteiger partial charge in [-0.15, -0.1) is 0 Å². The Balaban J connectivity index is 2.37. The molecule has 2 aromatic carbocycles. The van der Waals surface area contributed by atoms with Crippen LogP contribution in [0.15, 0.2) is 36.4 Å². The van der Waals surface area contributed by atoms with E-state index in [9.17, 15) is 13.2 Å². The highest BCUT2D eigenvalue weighted by Crippen LogP contribution is 2.34. The average Bonchev–Trinajstić information content (AvgIpc) is 2.62. The van der Waals surface area contributed by atoms with E-state index in [0.29, 0.717) is 10.8 Å². The summed E-state index contributed by atoms with van der Waals surface area (Å²) >= 11 is 6.07. The van der Waals surface area contributed by atoms with Crippen LogP contribution >= 0.6 is 11.6 Å². The van der Waals surface area contributed by atoms with Crippen LogP contribution in [0.2, 0.25) is 5.02 Å². The second-order valence-corrected chi connectivity index (χ2v) is 9.44. The molecule has 2 rings (SSSR count). The van der Waals surface area contributed by atoms with Crippen molar-refractivity contribution < 1.29 is 17.9 Å². The van der Waals surface area contributed by atoms with E-state index < -0.39 is 22.0 Å². The van der Waals surface area contributed by atoms with E-state index in [4.69, 9.17) is 16.3 Å². The lowest BCUT2D eigenvalue weighted by Gasteiger charge is -2.30. The van der Waals surface area contributed by atoms with Crippen LogP contribution in [0.4, 0.5) is 5.69 Å². The summed E-state index contributed by atoms with van der Waals surface area (Å²) in [7, 11) is -2.36. The molecule has 0 saturated carbocycles. The molecule has 8 heteroatoms. The first kappa shape index (κ1) is 23.0. The summed E-state index contributed by atoms with van der Waals surface area (Å²) in [4.78, 5) is 13.0. The maximum Gasteiger partial charge on any atom is 0.244 e. The van der Waals surface area contributed by atoms with E-state index in [2.05, 4.69) is 5.32 Å². The minimum absolute atomic E-state index is 0.213. The second kappa shape index (κ2) is 9.05. The van der Waals surface area contributed by atoms with Crippen molar-refractivity contribution in [3.05, 3.63) is 58.1 Å². The Kier molecular flexibility index (Phi) is 7.19. The minimum Gasteiger partial charge on any atom is -0.495 e. The van der Waals surface area contributed by atoms with E-state index >= 15 is 0 Å². The molecule has 158 valence electrons. The van der Waals surface area contributed by atoms with Gasteiger partial charge in [0.05, 0.1) is 25.1 Å². The van der Waals surface area contributed by atoms with Crippen LogP contribution in [0.3, 0.4) is 0 Å². The monoisotopic (exact) mass is 438 g/mol. The molecule has 2 atom stereocenters. The number of benzene rings is 2. The third-order valence-electron chi connectivity index (χ3n) is 4.73. The molecular weight excluding hydrogens is 412 g/mol. The standard InChI is InChI=1S/C21H27ClN2O4S/c1-13-7-8-14(2)18(11-13)15(3)23-21(25)16(4)24(29(6,26)27)19-12-17(22)9-10-20(19)28-5/h7-12,15-16H,1-6H3,(H,23,25)/t15-,16-/m1/s1. The number of aryl methyl sites for hydroxylation is 2. The minimum atomic E-state index is -3.79. The fourth-order valence-electron chi connectivity index (χ4n) is 3.25. The molecule has 0 saturated heterocycles. The van der Waals surface area contributed by atoms with E-state index in [1.165, 1.54) is 20.1 Å².